The molecule has 2 aromatic carbocycles. The summed E-state index contributed by atoms with van der Waals surface area (Å²) in [6.07, 6.45) is -6.15. The summed E-state index contributed by atoms with van der Waals surface area (Å²) in [6.45, 7) is 4.13. The molecule has 1 heterocycles. The van der Waals surface area contributed by atoms with E-state index in [9.17, 15) is 20.1 Å². The van der Waals surface area contributed by atoms with Crippen LogP contribution in [0.3, 0.4) is 0 Å². The van der Waals surface area contributed by atoms with Gasteiger partial charge in [0.1, 0.15) is 49.4 Å². The third-order valence-corrected chi connectivity index (χ3v) is 7.28. The fourth-order valence-electron chi connectivity index (χ4n) is 4.02. The number of benzene rings is 2. The third-order valence-electron chi connectivity index (χ3n) is 6.23. The van der Waals surface area contributed by atoms with Crippen LogP contribution in [0.1, 0.15) is 12.5 Å². The topological polar surface area (TPSA) is 180 Å². The number of aliphatic hydroxyl groups excluding tert-OH is 5. The van der Waals surface area contributed by atoms with E-state index in [2.05, 4.69) is 29.2 Å². The normalized spacial score (nSPS) is 16.5. The molecule has 3 rings (SSSR count). The van der Waals surface area contributed by atoms with Gasteiger partial charge in [0, 0.05) is 30.2 Å². The molecule has 1 aliphatic rings. The van der Waals surface area contributed by atoms with Crippen LogP contribution in [0.2, 0.25) is 0 Å². The summed E-state index contributed by atoms with van der Waals surface area (Å²) in [7, 11) is 1.70. The molecule has 1 aliphatic heterocycles. The highest BCUT2D eigenvalue weighted by molar-refractivity contribution is 7.99. The second-order valence-corrected chi connectivity index (χ2v) is 10.3. The average molecular weight is 583 g/mol. The second kappa shape index (κ2) is 18.1. The van der Waals surface area contributed by atoms with Crippen molar-refractivity contribution in [1.82, 2.24) is 0 Å². The first-order valence-electron chi connectivity index (χ1n) is 13.3. The Hall–Kier alpha value is -2.42. The number of fused-ring (bicyclic) bond motifs is 1. The van der Waals surface area contributed by atoms with E-state index in [4.69, 9.17) is 24.8 Å². The molecule has 5 atom stereocenters. The fraction of sp³-hybridized carbons (Fsp3) is 0.536. The molecule has 224 valence electrons. The number of thioether (sulfide) groups is 1. The van der Waals surface area contributed by atoms with Gasteiger partial charge in [-0.2, -0.15) is 0 Å². The Balaban J connectivity index is 0.000000366. The lowest BCUT2D eigenvalue weighted by atomic mass is 10.0. The highest BCUT2D eigenvalue weighted by atomic mass is 32.2. The smallest absolute Gasteiger partial charge is 0.131 e. The van der Waals surface area contributed by atoms with Gasteiger partial charge in [-0.25, -0.2) is 0 Å². The average Bonchev–Trinajstić information content (AvgIpc) is 2.97. The zero-order valence-electron chi connectivity index (χ0n) is 23.0. The molecule has 0 spiro atoms. The van der Waals surface area contributed by atoms with E-state index in [0.29, 0.717) is 19.6 Å². The first-order chi connectivity index (χ1) is 19.2. The minimum Gasteiger partial charge on any atom is -0.547 e. The van der Waals surface area contributed by atoms with Crippen LogP contribution >= 0.6 is 11.8 Å². The predicted molar refractivity (Wildman–Crippen MR) is 149 cm³/mol. The van der Waals surface area contributed by atoms with E-state index in [-0.39, 0.29) is 6.54 Å². The van der Waals surface area contributed by atoms with Crippen molar-refractivity contribution in [3.05, 3.63) is 54.1 Å². The largest absolute Gasteiger partial charge is 0.547 e. The zero-order chi connectivity index (χ0) is 29.5. The number of nitrogens with zero attached hydrogens (tertiary/aromatic N) is 1. The van der Waals surface area contributed by atoms with Gasteiger partial charge in [0.15, 0.2) is 0 Å². The monoisotopic (exact) mass is 582 g/mol. The molecule has 0 aromatic heterocycles. The lowest BCUT2D eigenvalue weighted by Gasteiger charge is -2.30. The van der Waals surface area contributed by atoms with Crippen molar-refractivity contribution in [2.45, 2.75) is 48.8 Å². The molecule has 11 nitrogen and oxygen atoms in total. The van der Waals surface area contributed by atoms with Crippen molar-refractivity contribution in [3.63, 3.8) is 0 Å². The van der Waals surface area contributed by atoms with Crippen LogP contribution < -0.4 is 20.1 Å². The van der Waals surface area contributed by atoms with E-state index < -0.39 is 43.1 Å². The molecule has 40 heavy (non-hydrogen) atoms. The van der Waals surface area contributed by atoms with Gasteiger partial charge >= 0.3 is 0 Å². The van der Waals surface area contributed by atoms with Crippen molar-refractivity contribution in [1.29, 1.82) is 0 Å². The molecule has 0 fully saturated rings. The van der Waals surface area contributed by atoms with Crippen LogP contribution in [-0.2, 0) is 16.0 Å². The minimum atomic E-state index is -1.53. The van der Waals surface area contributed by atoms with Crippen LogP contribution in [0.25, 0.3) is 0 Å². The maximum atomic E-state index is 11.1. The summed E-state index contributed by atoms with van der Waals surface area (Å²) in [5.74, 6) is 0.683. The fourth-order valence-corrected chi connectivity index (χ4v) is 5.08. The van der Waals surface area contributed by atoms with Crippen LogP contribution in [0.4, 0.5) is 5.69 Å². The maximum Gasteiger partial charge on any atom is 0.131 e. The summed E-state index contributed by atoms with van der Waals surface area (Å²) < 4.78 is 11.1. The number of quaternary nitrogens is 1. The molecular formula is C28H42N2O9S. The Morgan fingerprint density at radius 3 is 2.38 bits per heavy atom. The van der Waals surface area contributed by atoms with E-state index >= 15 is 0 Å². The number of carboxylic acids is 1. The Bertz CT molecular complexity index is 998. The van der Waals surface area contributed by atoms with E-state index in [1.807, 2.05) is 36.0 Å². The highest BCUT2D eigenvalue weighted by Crippen LogP contribution is 2.34. The second-order valence-electron chi connectivity index (χ2n) is 9.21. The number of nitrogens with two attached hydrogens (primary N) is 1. The van der Waals surface area contributed by atoms with Crippen molar-refractivity contribution < 1.29 is 50.2 Å². The van der Waals surface area contributed by atoms with Gasteiger partial charge < -0.3 is 55.1 Å². The van der Waals surface area contributed by atoms with Gasteiger partial charge in [-0.3, -0.25) is 0 Å². The number of rotatable bonds is 15. The summed E-state index contributed by atoms with van der Waals surface area (Å²) in [5, 5.41) is 57.7. The maximum absolute atomic E-state index is 11.1. The van der Waals surface area contributed by atoms with Gasteiger partial charge in [-0.15, -0.1) is 11.8 Å². The number of hydrogen-bond donors (Lipinski definition) is 6. The van der Waals surface area contributed by atoms with Crippen molar-refractivity contribution in [3.8, 4) is 5.75 Å². The number of carboxylic acid groups (broad SMARTS) is 1. The Labute approximate surface area is 239 Å². The van der Waals surface area contributed by atoms with Crippen molar-refractivity contribution in [2.75, 3.05) is 57.2 Å². The van der Waals surface area contributed by atoms with Crippen LogP contribution in [0.5, 0.6) is 5.75 Å². The van der Waals surface area contributed by atoms with Gasteiger partial charge in [0.05, 0.1) is 31.9 Å². The number of aliphatic hydroxyl groups is 5. The van der Waals surface area contributed by atoms with Crippen molar-refractivity contribution >= 4 is 23.4 Å². The zero-order valence-corrected chi connectivity index (χ0v) is 23.8. The van der Waals surface area contributed by atoms with E-state index in [1.54, 1.807) is 19.3 Å². The van der Waals surface area contributed by atoms with Crippen LogP contribution in [-0.4, -0.2) is 114 Å². The quantitative estimate of drug-likeness (QED) is 0.137. The predicted octanol–water partition coefficient (Wildman–Crippen LogP) is -2.01. The van der Waals surface area contributed by atoms with Gasteiger partial charge in [0.25, 0.3) is 0 Å². The number of anilines is 1. The number of carbonyl (C=O) groups excluding carboxylic acids is 1. The summed E-state index contributed by atoms with van der Waals surface area (Å²) in [6, 6.07) is 15.9. The third kappa shape index (κ3) is 10.9. The lowest BCUT2D eigenvalue weighted by molar-refractivity contribution is -0.635. The summed E-state index contributed by atoms with van der Waals surface area (Å²) in [4.78, 5) is 14.8. The molecule has 0 saturated heterocycles. The van der Waals surface area contributed by atoms with Crippen LogP contribution in [0.15, 0.2) is 53.4 Å². The van der Waals surface area contributed by atoms with Crippen LogP contribution in [0, 0.1) is 0 Å². The van der Waals surface area contributed by atoms with Crippen molar-refractivity contribution in [2.24, 2.45) is 0 Å². The minimum absolute atomic E-state index is 0.219. The summed E-state index contributed by atoms with van der Waals surface area (Å²) in [5.41, 5.74) is 2.16. The number of aliphatic carboxylic acids is 1. The molecule has 12 heteroatoms. The molecular weight excluding hydrogens is 540 g/mol. The van der Waals surface area contributed by atoms with E-state index in [1.165, 1.54) is 10.6 Å². The number of likely N-dealkylation sites (N-methyl/N-ethyl adjacent to an activating group) is 1. The number of para-hydroxylation sites is 1. The van der Waals surface area contributed by atoms with E-state index in [0.717, 1.165) is 30.2 Å². The highest BCUT2D eigenvalue weighted by Gasteiger charge is 2.30. The molecule has 0 bridgehead atoms. The molecule has 7 N–H and O–H groups in total. The first kappa shape index (κ1) is 33.8. The molecule has 2 aromatic rings. The SMILES string of the molecule is CCO[C@@H](Cc1ccc(OCCN2CCSc3ccccc32)cc1)C(=O)[O-].C[NH2+]CC(O)C(O)C(O)C(O)CO. The first-order valence-corrected chi connectivity index (χ1v) is 14.3. The standard InChI is InChI=1S/C21H25NO4S.C7H17NO5/c1-2-25-19(21(23)24)15-16-7-9-17(10-8-16)26-13-11-22-12-14-27-20-6-4-3-5-18(20)22;1-8-2-4(10)6(12)7(13)5(11)3-9/h3-10,19H,2,11-15H2,1H3,(H,23,24);4-13H,2-3H2,1H3/t19-;/m0./s1. The molecule has 0 saturated carbocycles. The molecule has 0 aliphatic carbocycles. The Kier molecular flexibility index (Phi) is 15.3. The lowest BCUT2D eigenvalue weighted by Crippen LogP contribution is -2.83. The van der Waals surface area contributed by atoms with Gasteiger partial charge in [0.2, 0.25) is 0 Å². The summed E-state index contributed by atoms with van der Waals surface area (Å²) >= 11 is 1.90. The Morgan fingerprint density at radius 2 is 1.75 bits per heavy atom. The number of hydrogen-bond acceptors (Lipinski definition) is 11. The van der Waals surface area contributed by atoms with Gasteiger partial charge in [-0.05, 0) is 36.8 Å². The van der Waals surface area contributed by atoms with Gasteiger partial charge in [-0.1, -0.05) is 24.3 Å². The molecule has 0 radical (unpaired) electrons. The Morgan fingerprint density at radius 1 is 1.07 bits per heavy atom. The molecule has 4 unspecified atom stereocenters. The number of carbonyl (C=O) groups is 1. The number of ether oxygens (including phenoxy) is 2. The molecule has 0 amide bonds.